The Kier molecular flexibility index (Phi) is 4.98. The fourth-order valence-electron chi connectivity index (χ4n) is 10.8. The SMILES string of the molecule is CN1CC[C@]23c4c5ccc(OC(=O)Oc6ccc7c8c6O[C@H]6[C@@H](O)C=CC9[C@@H](C7)N(C)CC[C@@]896)c4O[C@H]2[C@@H](O)C=CC3[C@H]1C5. The Morgan fingerprint density at radius 2 is 1.20 bits per heavy atom. The van der Waals surface area contributed by atoms with Gasteiger partial charge in [-0.3, -0.25) is 0 Å². The first kappa shape index (κ1) is 25.9. The molecule has 228 valence electrons. The van der Waals surface area contributed by atoms with Crippen molar-refractivity contribution < 1.29 is 34.0 Å². The van der Waals surface area contributed by atoms with E-state index >= 15 is 0 Å². The number of aliphatic hydroxyl groups is 2. The Morgan fingerprint density at radius 3 is 1.66 bits per heavy atom. The summed E-state index contributed by atoms with van der Waals surface area (Å²) in [6.45, 7) is 1.83. The van der Waals surface area contributed by atoms with Crippen LogP contribution in [-0.2, 0) is 23.7 Å². The van der Waals surface area contributed by atoms with Crippen molar-refractivity contribution in [3.05, 3.63) is 70.8 Å². The molecule has 4 aliphatic carbocycles. The largest absolute Gasteiger partial charge is 0.519 e. The molecule has 2 aromatic rings. The summed E-state index contributed by atoms with van der Waals surface area (Å²) in [5, 5.41) is 22.1. The fourth-order valence-corrected chi connectivity index (χ4v) is 10.8. The summed E-state index contributed by atoms with van der Waals surface area (Å²) < 4.78 is 24.9. The van der Waals surface area contributed by atoms with Gasteiger partial charge >= 0.3 is 6.16 Å². The fraction of sp³-hybridized carbons (Fsp3) is 0.514. The first-order valence-corrected chi connectivity index (χ1v) is 16.0. The Bertz CT molecular complexity index is 1580. The van der Waals surface area contributed by atoms with Gasteiger partial charge in [0.15, 0.2) is 23.0 Å². The topological polar surface area (TPSA) is 101 Å². The number of likely N-dealkylation sites (N-methyl/N-ethyl adjacent to an activating group) is 2. The molecule has 8 aliphatic rings. The average molecular weight is 597 g/mol. The van der Waals surface area contributed by atoms with Gasteiger partial charge in [-0.25, -0.2) is 4.79 Å². The molecule has 4 heterocycles. The maximum absolute atomic E-state index is 13.5. The summed E-state index contributed by atoms with van der Waals surface area (Å²) in [6.07, 6.45) is 8.37. The second-order valence-electron chi connectivity index (χ2n) is 14.3. The van der Waals surface area contributed by atoms with Crippen molar-refractivity contribution in [1.29, 1.82) is 0 Å². The van der Waals surface area contributed by atoms with Crippen LogP contribution in [-0.4, -0.2) is 89.9 Å². The molecule has 9 nitrogen and oxygen atoms in total. The zero-order valence-corrected chi connectivity index (χ0v) is 24.8. The van der Waals surface area contributed by atoms with E-state index in [-0.39, 0.29) is 22.7 Å². The van der Waals surface area contributed by atoms with Gasteiger partial charge in [0.05, 0.1) is 0 Å². The van der Waals surface area contributed by atoms with Gasteiger partial charge < -0.3 is 39.0 Å². The molecule has 9 heteroatoms. The Balaban J connectivity index is 0.998. The summed E-state index contributed by atoms with van der Waals surface area (Å²) in [5.41, 5.74) is 3.85. The molecule has 2 aromatic carbocycles. The molecule has 0 aromatic heterocycles. The molecule has 4 bridgehead atoms. The van der Waals surface area contributed by atoms with Crippen LogP contribution >= 0.6 is 0 Å². The first-order chi connectivity index (χ1) is 21.3. The van der Waals surface area contributed by atoms with Gasteiger partial charge in [-0.05, 0) is 76.1 Å². The van der Waals surface area contributed by atoms with Crippen LogP contribution in [0.3, 0.4) is 0 Å². The highest BCUT2D eigenvalue weighted by molar-refractivity contribution is 5.73. The lowest BCUT2D eigenvalue weighted by molar-refractivity contribution is -0.0454. The van der Waals surface area contributed by atoms with E-state index in [4.69, 9.17) is 18.9 Å². The van der Waals surface area contributed by atoms with E-state index in [1.807, 2.05) is 24.3 Å². The van der Waals surface area contributed by atoms with Crippen LogP contribution in [0.15, 0.2) is 48.6 Å². The summed E-state index contributed by atoms with van der Waals surface area (Å²) in [4.78, 5) is 18.3. The van der Waals surface area contributed by atoms with Crippen LogP contribution in [0.1, 0.15) is 35.1 Å². The van der Waals surface area contributed by atoms with Crippen LogP contribution < -0.4 is 18.9 Å². The van der Waals surface area contributed by atoms with Gasteiger partial charge in [-0.15, -0.1) is 0 Å². The lowest BCUT2D eigenvalue weighted by Crippen LogP contribution is -2.64. The third-order valence-corrected chi connectivity index (χ3v) is 12.7. The van der Waals surface area contributed by atoms with Crippen LogP contribution in [0.25, 0.3) is 0 Å². The van der Waals surface area contributed by atoms with E-state index in [1.165, 1.54) is 11.1 Å². The zero-order valence-electron chi connectivity index (χ0n) is 24.8. The first-order valence-electron chi connectivity index (χ1n) is 16.0. The van der Waals surface area contributed by atoms with E-state index < -0.39 is 30.6 Å². The maximum atomic E-state index is 13.5. The van der Waals surface area contributed by atoms with Crippen LogP contribution in [0, 0.1) is 11.8 Å². The molecule has 2 saturated heterocycles. The second kappa shape index (κ2) is 8.46. The highest BCUT2D eigenvalue weighted by Crippen LogP contribution is 2.64. The minimum absolute atomic E-state index is 0.221. The number of ether oxygens (including phenoxy) is 4. The third-order valence-electron chi connectivity index (χ3n) is 12.7. The Labute approximate surface area is 255 Å². The van der Waals surface area contributed by atoms with E-state index in [9.17, 15) is 15.0 Å². The maximum Gasteiger partial charge on any atom is 0.519 e. The van der Waals surface area contributed by atoms with Gasteiger partial charge in [0.1, 0.15) is 24.4 Å². The number of likely N-dealkylation sites (tertiary alicyclic amines) is 2. The van der Waals surface area contributed by atoms with Crippen molar-refractivity contribution in [1.82, 2.24) is 9.80 Å². The number of piperidine rings is 2. The summed E-state index contributed by atoms with van der Waals surface area (Å²) in [6, 6.07) is 8.33. The second-order valence-corrected chi connectivity index (χ2v) is 14.3. The van der Waals surface area contributed by atoms with Crippen molar-refractivity contribution in [2.45, 2.75) is 73.0 Å². The van der Waals surface area contributed by atoms with Gasteiger partial charge in [-0.1, -0.05) is 36.4 Å². The molecule has 2 N–H and O–H groups in total. The molecule has 2 spiro atoms. The van der Waals surface area contributed by atoms with Gasteiger partial charge in [0.2, 0.25) is 0 Å². The number of carbonyl (C=O) groups excluding carboxylic acids is 1. The highest BCUT2D eigenvalue weighted by atomic mass is 16.7. The lowest BCUT2D eigenvalue weighted by Gasteiger charge is -2.56. The quantitative estimate of drug-likeness (QED) is 0.308. The van der Waals surface area contributed by atoms with E-state index in [0.717, 1.165) is 49.9 Å². The molecule has 10 atom stereocenters. The third kappa shape index (κ3) is 2.93. The lowest BCUT2D eigenvalue weighted by atomic mass is 9.53. The number of hydrogen-bond acceptors (Lipinski definition) is 9. The van der Waals surface area contributed by atoms with Crippen molar-refractivity contribution in [3.63, 3.8) is 0 Å². The number of aliphatic hydroxyl groups excluding tert-OH is 2. The number of hydrogen-bond donors (Lipinski definition) is 2. The smallest absolute Gasteiger partial charge is 0.482 e. The summed E-state index contributed by atoms with van der Waals surface area (Å²) in [7, 11) is 4.35. The molecule has 0 saturated carbocycles. The normalized spacial score (nSPS) is 41.4. The van der Waals surface area contributed by atoms with Gasteiger partial charge in [0, 0.05) is 45.9 Å². The van der Waals surface area contributed by atoms with Crippen LogP contribution in [0.5, 0.6) is 23.0 Å². The highest BCUT2D eigenvalue weighted by Gasteiger charge is 2.66. The van der Waals surface area contributed by atoms with Crippen molar-refractivity contribution >= 4 is 6.16 Å². The zero-order chi connectivity index (χ0) is 29.7. The predicted molar refractivity (Wildman–Crippen MR) is 158 cm³/mol. The Hall–Kier alpha value is -3.37. The van der Waals surface area contributed by atoms with Crippen molar-refractivity contribution in [2.75, 3.05) is 27.2 Å². The van der Waals surface area contributed by atoms with E-state index in [1.54, 1.807) is 12.1 Å². The minimum atomic E-state index is -0.871. The molecule has 0 amide bonds. The van der Waals surface area contributed by atoms with Crippen LogP contribution in [0.4, 0.5) is 4.79 Å². The molecule has 0 radical (unpaired) electrons. The molecule has 4 aliphatic heterocycles. The van der Waals surface area contributed by atoms with Crippen molar-refractivity contribution in [2.24, 2.45) is 11.8 Å². The van der Waals surface area contributed by atoms with Gasteiger partial charge in [-0.2, -0.15) is 0 Å². The van der Waals surface area contributed by atoms with E-state index in [0.29, 0.717) is 35.1 Å². The summed E-state index contributed by atoms with van der Waals surface area (Å²) >= 11 is 0. The molecule has 44 heavy (non-hydrogen) atoms. The molecule has 10 rings (SSSR count). The predicted octanol–water partition coefficient (Wildman–Crippen LogP) is 2.88. The average Bonchev–Trinajstić information content (AvgIpc) is 3.55. The van der Waals surface area contributed by atoms with E-state index in [2.05, 4.69) is 36.0 Å². The van der Waals surface area contributed by atoms with Crippen LogP contribution in [0.2, 0.25) is 0 Å². The standard InChI is InChI=1S/C35H36N2O7/c1-36-13-11-34-19-5-7-23(38)31(34)43-29-25(9-3-17(27(29)34)15-21(19)36)41-33(40)42-26-10-4-18-16-22-20-6-8-24(39)32-35(20,12-14-37(22)2)28(18)30(26)44-32/h3-10,19-24,31-32,38-39H,11-16H2,1-2H3/t19?,20?,21-,22-,23+,24+,31+,32+,34+,35+/m1/s1. The minimum Gasteiger partial charge on any atom is -0.482 e. The number of carbonyl (C=O) groups is 1. The number of benzene rings is 2. The summed E-state index contributed by atoms with van der Waals surface area (Å²) in [5.74, 6) is 2.15. The number of rotatable bonds is 2. The number of nitrogens with zero attached hydrogens (tertiary/aromatic N) is 2. The Morgan fingerprint density at radius 1 is 0.750 bits per heavy atom. The monoisotopic (exact) mass is 596 g/mol. The molecular formula is C35H36N2O7. The van der Waals surface area contributed by atoms with Gasteiger partial charge in [0.25, 0.3) is 0 Å². The molecule has 2 fully saturated rings. The molecular weight excluding hydrogens is 560 g/mol. The van der Waals surface area contributed by atoms with Crippen molar-refractivity contribution in [3.8, 4) is 23.0 Å². The molecule has 2 unspecified atom stereocenters.